The minimum Gasteiger partial charge on any atom is -0.461 e. The number of aromatic nitrogens is 3. The number of terminal acetylenes is 1. The molecule has 440 valence electrons. The van der Waals surface area contributed by atoms with Crippen LogP contribution in [0.1, 0.15) is 72.9 Å². The first kappa shape index (κ1) is 59.9. The highest BCUT2D eigenvalue weighted by Gasteiger charge is 2.51. The van der Waals surface area contributed by atoms with Crippen molar-refractivity contribution in [2.24, 2.45) is 0 Å². The number of benzene rings is 3. The number of aldehydes is 1. The zero-order valence-electron chi connectivity index (χ0n) is 47.5. The molecule has 5 atom stereocenters. The molecule has 83 heavy (non-hydrogen) atoms. The van der Waals surface area contributed by atoms with Crippen LogP contribution in [0.2, 0.25) is 0 Å². The molecule has 3 unspecified atom stereocenters. The van der Waals surface area contributed by atoms with Crippen molar-refractivity contribution in [3.63, 3.8) is 0 Å². The molecule has 4 amide bonds. The number of nitrogens with one attached hydrogen (secondary N) is 3. The van der Waals surface area contributed by atoms with E-state index in [1.54, 1.807) is 62.6 Å². The molecule has 20 nitrogen and oxygen atoms in total. The van der Waals surface area contributed by atoms with Gasteiger partial charge in [0.05, 0.1) is 62.6 Å². The van der Waals surface area contributed by atoms with E-state index in [4.69, 9.17) is 40.1 Å². The maximum atomic E-state index is 17.2. The number of piperazine rings is 1. The Morgan fingerprint density at radius 3 is 2.46 bits per heavy atom. The molecule has 4 fully saturated rings. The average Bonchev–Trinajstić information content (AvgIpc) is 3.86. The number of halogens is 2. The molecule has 3 aromatic carbocycles. The number of amides is 4. The predicted octanol–water partition coefficient (Wildman–Crippen LogP) is 6.21. The minimum absolute atomic E-state index is 0.0156. The Labute approximate surface area is 481 Å². The van der Waals surface area contributed by atoms with E-state index in [0.29, 0.717) is 96.5 Å². The third-order valence-electron chi connectivity index (χ3n) is 16.1. The summed E-state index contributed by atoms with van der Waals surface area (Å²) in [6.45, 7) is 10.2. The molecule has 4 saturated heterocycles. The predicted molar refractivity (Wildman–Crippen MR) is 308 cm³/mol. The number of hydrogen-bond acceptors (Lipinski definition) is 16. The van der Waals surface area contributed by atoms with Gasteiger partial charge in [-0.3, -0.25) is 24.3 Å². The Balaban J connectivity index is 0.702. The molecule has 22 heteroatoms. The van der Waals surface area contributed by atoms with E-state index in [-0.39, 0.29) is 118 Å². The van der Waals surface area contributed by atoms with Crippen molar-refractivity contribution >= 4 is 63.3 Å². The topological polar surface area (TPSA) is 219 Å². The standard InChI is InChI=1S/C61H72F2N10O10/c1-7-45-49(62)18-13-40-10-8-11-47(52(40)45)54-53(63)55-48(32-65-54)56(72-34-42-14-15-43(35-72)66-42)69-59(68-55)83-37-61-21-19-44(73(61)33-38(2)31-61)36-82-60(78)70(5)22-25-80-27-29-81-28-26-79-24-20-51(75)67-41-16-17-46(39(3)30-41)58(77)71(6)50(12-9-23-74)57(76)64-4/h1,8,10-11,13,16-18,23,30,32,42-44,50,66H,2,9,12,14-15,19-22,24-29,31,33-37H2,3-6H3,(H,64,76)(H,67,75)/t42?,43?,44-,50?,61-/m0/s1. The fourth-order valence-electron chi connectivity index (χ4n) is 11.8. The van der Waals surface area contributed by atoms with E-state index in [0.717, 1.165) is 31.3 Å². The number of pyridine rings is 1. The van der Waals surface area contributed by atoms with Crippen LogP contribution >= 0.6 is 0 Å². The first-order valence-electron chi connectivity index (χ1n) is 28.2. The van der Waals surface area contributed by atoms with Crippen LogP contribution in [0, 0.1) is 30.9 Å². The summed E-state index contributed by atoms with van der Waals surface area (Å²) in [4.78, 5) is 83.9. The summed E-state index contributed by atoms with van der Waals surface area (Å²) in [6.07, 6.45) is 12.2. The lowest BCUT2D eigenvalue weighted by atomic mass is 9.94. The summed E-state index contributed by atoms with van der Waals surface area (Å²) in [5.74, 6) is 0.685. The highest BCUT2D eigenvalue weighted by atomic mass is 19.1. The third kappa shape index (κ3) is 13.7. The lowest BCUT2D eigenvalue weighted by molar-refractivity contribution is -0.125. The zero-order chi connectivity index (χ0) is 58.8. The number of rotatable bonds is 26. The molecule has 4 aliphatic heterocycles. The van der Waals surface area contributed by atoms with Gasteiger partial charge in [-0.25, -0.2) is 13.6 Å². The molecular weight excluding hydrogens is 1070 g/mol. The van der Waals surface area contributed by atoms with Gasteiger partial charge in [0.25, 0.3) is 5.91 Å². The molecule has 0 spiro atoms. The second kappa shape index (κ2) is 27.1. The molecule has 3 N–H and O–H groups in total. The molecule has 0 saturated carbocycles. The summed E-state index contributed by atoms with van der Waals surface area (Å²) >= 11 is 0. The van der Waals surface area contributed by atoms with Gasteiger partial charge in [-0.15, -0.1) is 6.42 Å². The van der Waals surface area contributed by atoms with Gasteiger partial charge in [0.2, 0.25) is 11.8 Å². The van der Waals surface area contributed by atoms with Crippen LogP contribution in [-0.4, -0.2) is 190 Å². The van der Waals surface area contributed by atoms with Crippen LogP contribution in [-0.2, 0) is 33.3 Å². The van der Waals surface area contributed by atoms with Crippen molar-refractivity contribution < 1.29 is 56.4 Å². The molecule has 2 bridgehead atoms. The summed E-state index contributed by atoms with van der Waals surface area (Å²) in [5.41, 5.74) is 2.42. The molecule has 6 heterocycles. The van der Waals surface area contributed by atoms with Crippen molar-refractivity contribution in [2.75, 3.05) is 110 Å². The summed E-state index contributed by atoms with van der Waals surface area (Å²) in [5, 5.41) is 10.5. The van der Waals surface area contributed by atoms with Gasteiger partial charge in [-0.05, 0) is 80.7 Å². The Morgan fingerprint density at radius 1 is 0.988 bits per heavy atom. The molecule has 0 aliphatic carbocycles. The van der Waals surface area contributed by atoms with Crippen LogP contribution in [0.5, 0.6) is 6.01 Å². The van der Waals surface area contributed by atoms with Gasteiger partial charge < -0.3 is 59.1 Å². The van der Waals surface area contributed by atoms with Crippen LogP contribution in [0.15, 0.2) is 66.9 Å². The normalized spacial score (nSPS) is 19.6. The number of ether oxygens (including phenoxy) is 5. The SMILES string of the molecule is C#Cc1c(F)ccc2cccc(-c3ncc4c(N5CC6CCC(C5)N6)nc(OC[C@@]56CC[C@@H](COC(=O)N(C)CCOCCOCCOCCC(=O)Nc7ccc(C(=O)N(C)C(CCC=O)C(=O)NC)c(C)c7)N5CC(=C)C6)nc4c3F)c12. The molecule has 0 radical (unpaired) electrons. The molecule has 4 aliphatic rings. The third-order valence-corrected chi connectivity index (χ3v) is 16.1. The first-order valence-corrected chi connectivity index (χ1v) is 28.2. The molecule has 5 aromatic rings. The summed E-state index contributed by atoms with van der Waals surface area (Å²) < 4.78 is 61.5. The number of nitrogens with zero attached hydrogens (tertiary/aromatic N) is 7. The van der Waals surface area contributed by atoms with E-state index in [2.05, 4.69) is 43.2 Å². The molecule has 2 aromatic heterocycles. The highest BCUT2D eigenvalue weighted by Crippen LogP contribution is 2.45. The lowest BCUT2D eigenvalue weighted by Crippen LogP contribution is -2.51. The maximum Gasteiger partial charge on any atom is 0.409 e. The fraction of sp³-hybridized carbons (Fsp3) is 0.475. The Hall–Kier alpha value is -7.68. The second-order valence-electron chi connectivity index (χ2n) is 21.7. The summed E-state index contributed by atoms with van der Waals surface area (Å²) in [7, 11) is 4.64. The van der Waals surface area contributed by atoms with Crippen molar-refractivity contribution in [1.82, 2.24) is 40.3 Å². The number of hydrogen-bond donors (Lipinski definition) is 3. The van der Waals surface area contributed by atoms with Crippen molar-refractivity contribution in [2.45, 2.75) is 88.0 Å². The lowest BCUT2D eigenvalue weighted by Gasteiger charge is -2.35. The number of anilines is 2. The van der Waals surface area contributed by atoms with E-state index in [9.17, 15) is 24.0 Å². The number of carbonyl (C=O) groups excluding carboxylic acids is 5. The van der Waals surface area contributed by atoms with Gasteiger partial charge in [-0.2, -0.15) is 9.97 Å². The van der Waals surface area contributed by atoms with Crippen LogP contribution in [0.25, 0.3) is 32.9 Å². The van der Waals surface area contributed by atoms with Crippen molar-refractivity contribution in [1.29, 1.82) is 0 Å². The van der Waals surface area contributed by atoms with E-state index in [1.807, 2.05) is 0 Å². The van der Waals surface area contributed by atoms with Gasteiger partial charge in [0.1, 0.15) is 48.4 Å². The van der Waals surface area contributed by atoms with Crippen LogP contribution < -0.4 is 25.6 Å². The Kier molecular flexibility index (Phi) is 19.6. The second-order valence-corrected chi connectivity index (χ2v) is 21.7. The smallest absolute Gasteiger partial charge is 0.409 e. The van der Waals surface area contributed by atoms with Gasteiger partial charge in [0.15, 0.2) is 5.82 Å². The molecule has 9 rings (SSSR count). The highest BCUT2D eigenvalue weighted by molar-refractivity contribution is 6.02. The summed E-state index contributed by atoms with van der Waals surface area (Å²) in [6, 6.07) is 12.7. The van der Waals surface area contributed by atoms with E-state index in [1.165, 1.54) is 30.0 Å². The van der Waals surface area contributed by atoms with Crippen molar-refractivity contribution in [3.8, 4) is 29.6 Å². The zero-order valence-corrected chi connectivity index (χ0v) is 47.5. The van der Waals surface area contributed by atoms with Gasteiger partial charge >= 0.3 is 12.1 Å². The number of likely N-dealkylation sites (N-methyl/N-ethyl adjacent to an activating group) is 3. The Bertz CT molecular complexity index is 3280. The fourth-order valence-corrected chi connectivity index (χ4v) is 11.8. The number of aryl methyl sites for hydroxylation is 1. The number of carbonyl (C=O) groups is 5. The van der Waals surface area contributed by atoms with Crippen molar-refractivity contribution in [3.05, 3.63) is 95.2 Å². The minimum atomic E-state index is -0.803. The van der Waals surface area contributed by atoms with Gasteiger partial charge in [-0.1, -0.05) is 42.3 Å². The van der Waals surface area contributed by atoms with E-state index < -0.39 is 29.3 Å². The van der Waals surface area contributed by atoms with Crippen LogP contribution in [0.3, 0.4) is 0 Å². The Morgan fingerprint density at radius 2 is 1.73 bits per heavy atom. The molecular formula is C61H72F2N10O10. The largest absolute Gasteiger partial charge is 0.461 e. The van der Waals surface area contributed by atoms with Crippen LogP contribution in [0.4, 0.5) is 25.1 Å². The average molecular weight is 1140 g/mol. The quantitative estimate of drug-likeness (QED) is 0.0243. The maximum absolute atomic E-state index is 17.2. The number of fused-ring (bicyclic) bond motifs is 5. The first-order chi connectivity index (χ1) is 40.1. The van der Waals surface area contributed by atoms with Gasteiger partial charge in [0, 0.05) is 100 Å². The monoisotopic (exact) mass is 1140 g/mol. The van der Waals surface area contributed by atoms with E-state index >= 15 is 8.78 Å².